The summed E-state index contributed by atoms with van der Waals surface area (Å²) in [7, 11) is 0. The molecule has 0 fully saturated rings. The highest BCUT2D eigenvalue weighted by molar-refractivity contribution is 6.31. The standard InChI is InChI=1S/C23H22ClN3O4/c1-13(2)14-6-5-7-15(10-14)25-19(28)11-27-18-12-31-22(29)20(18)21(26-23(27)30)16-8-3-4-9-17(16)24/h3-10,13,21H,11-12H2,1-2H3,(H,25,28)(H,26,30). The van der Waals surface area contributed by atoms with Crippen molar-refractivity contribution in [2.24, 2.45) is 0 Å². The molecule has 0 saturated heterocycles. The first kappa shape index (κ1) is 20.9. The van der Waals surface area contributed by atoms with Gasteiger partial charge in [-0.05, 0) is 35.2 Å². The number of rotatable bonds is 5. The van der Waals surface area contributed by atoms with E-state index in [0.29, 0.717) is 33.5 Å². The minimum absolute atomic E-state index is 0.0708. The van der Waals surface area contributed by atoms with Gasteiger partial charge in [-0.15, -0.1) is 0 Å². The molecule has 0 bridgehead atoms. The lowest BCUT2D eigenvalue weighted by Crippen LogP contribution is -2.49. The predicted octanol–water partition coefficient (Wildman–Crippen LogP) is 3.98. The van der Waals surface area contributed by atoms with Crippen LogP contribution in [0.15, 0.2) is 59.8 Å². The molecule has 2 aliphatic heterocycles. The van der Waals surface area contributed by atoms with Crippen molar-refractivity contribution in [1.82, 2.24) is 10.2 Å². The van der Waals surface area contributed by atoms with Crippen molar-refractivity contribution in [3.8, 4) is 0 Å². The summed E-state index contributed by atoms with van der Waals surface area (Å²) in [6.07, 6.45) is 0. The molecule has 1 atom stereocenters. The van der Waals surface area contributed by atoms with Gasteiger partial charge in [0.15, 0.2) is 0 Å². The quantitative estimate of drug-likeness (QED) is 0.690. The van der Waals surface area contributed by atoms with Crippen LogP contribution in [-0.4, -0.2) is 36.0 Å². The summed E-state index contributed by atoms with van der Waals surface area (Å²) in [4.78, 5) is 39.2. The number of esters is 1. The van der Waals surface area contributed by atoms with E-state index in [1.165, 1.54) is 4.90 Å². The van der Waals surface area contributed by atoms with E-state index >= 15 is 0 Å². The smallest absolute Gasteiger partial charge is 0.338 e. The normalized spacial score (nSPS) is 18.1. The van der Waals surface area contributed by atoms with E-state index in [1.807, 2.05) is 18.2 Å². The van der Waals surface area contributed by atoms with Crippen LogP contribution in [0.4, 0.5) is 10.5 Å². The molecule has 8 heteroatoms. The van der Waals surface area contributed by atoms with Crippen molar-refractivity contribution >= 4 is 35.2 Å². The van der Waals surface area contributed by atoms with E-state index in [0.717, 1.165) is 5.56 Å². The van der Waals surface area contributed by atoms with Crippen molar-refractivity contribution in [3.05, 3.63) is 76.0 Å². The maximum absolute atomic E-state index is 12.9. The number of urea groups is 1. The first-order chi connectivity index (χ1) is 14.8. The van der Waals surface area contributed by atoms with Crippen molar-refractivity contribution in [1.29, 1.82) is 0 Å². The number of amides is 3. The fourth-order valence-electron chi connectivity index (χ4n) is 3.74. The van der Waals surface area contributed by atoms with Crippen molar-refractivity contribution < 1.29 is 19.1 Å². The fraction of sp³-hybridized carbons (Fsp3) is 0.261. The van der Waals surface area contributed by atoms with Gasteiger partial charge in [0.1, 0.15) is 13.2 Å². The average Bonchev–Trinajstić information content (AvgIpc) is 3.12. The van der Waals surface area contributed by atoms with Gasteiger partial charge in [0, 0.05) is 10.7 Å². The molecule has 160 valence electrons. The number of ether oxygens (including phenoxy) is 1. The monoisotopic (exact) mass is 439 g/mol. The SMILES string of the molecule is CC(C)c1cccc(NC(=O)CN2C(=O)NC(c3ccccc3Cl)C3=C2COC3=O)c1. The van der Waals surface area contributed by atoms with Crippen LogP contribution in [0.2, 0.25) is 5.02 Å². The highest BCUT2D eigenvalue weighted by atomic mass is 35.5. The van der Waals surface area contributed by atoms with E-state index in [-0.39, 0.29) is 19.1 Å². The summed E-state index contributed by atoms with van der Waals surface area (Å²) >= 11 is 6.29. The molecule has 2 N–H and O–H groups in total. The van der Waals surface area contributed by atoms with E-state index in [2.05, 4.69) is 24.5 Å². The lowest BCUT2D eigenvalue weighted by molar-refractivity contribution is -0.136. The van der Waals surface area contributed by atoms with E-state index in [1.54, 1.807) is 30.3 Å². The lowest BCUT2D eigenvalue weighted by Gasteiger charge is -2.32. The second-order valence-electron chi connectivity index (χ2n) is 7.76. The summed E-state index contributed by atoms with van der Waals surface area (Å²) in [5.41, 5.74) is 3.01. The fourth-order valence-corrected chi connectivity index (χ4v) is 3.99. The van der Waals surface area contributed by atoms with E-state index in [9.17, 15) is 14.4 Å². The highest BCUT2D eigenvalue weighted by Gasteiger charge is 2.43. The van der Waals surface area contributed by atoms with Crippen LogP contribution in [0, 0.1) is 0 Å². The second kappa shape index (κ2) is 8.43. The van der Waals surface area contributed by atoms with Gasteiger partial charge in [-0.1, -0.05) is 55.8 Å². The molecular formula is C23H22ClN3O4. The van der Waals surface area contributed by atoms with Gasteiger partial charge >= 0.3 is 12.0 Å². The summed E-state index contributed by atoms with van der Waals surface area (Å²) in [5.74, 6) is -0.589. The van der Waals surface area contributed by atoms with Crippen molar-refractivity contribution in [2.75, 3.05) is 18.5 Å². The van der Waals surface area contributed by atoms with Gasteiger partial charge in [0.05, 0.1) is 17.3 Å². The third-order valence-electron chi connectivity index (χ3n) is 5.35. The zero-order valence-electron chi connectivity index (χ0n) is 17.1. The molecule has 4 rings (SSSR count). The first-order valence-corrected chi connectivity index (χ1v) is 10.4. The Morgan fingerprint density at radius 3 is 2.74 bits per heavy atom. The highest BCUT2D eigenvalue weighted by Crippen LogP contribution is 2.37. The molecule has 2 aliphatic rings. The van der Waals surface area contributed by atoms with Gasteiger partial charge in [-0.3, -0.25) is 9.69 Å². The Labute approximate surface area is 185 Å². The Bertz CT molecular complexity index is 1100. The van der Waals surface area contributed by atoms with Crippen LogP contribution in [0.1, 0.15) is 36.9 Å². The Morgan fingerprint density at radius 1 is 1.23 bits per heavy atom. The number of hydrogen-bond acceptors (Lipinski definition) is 4. The van der Waals surface area contributed by atoms with Crippen LogP contribution in [-0.2, 0) is 14.3 Å². The van der Waals surface area contributed by atoms with Crippen LogP contribution in [0.5, 0.6) is 0 Å². The van der Waals surface area contributed by atoms with Crippen LogP contribution < -0.4 is 10.6 Å². The largest absolute Gasteiger partial charge is 0.456 e. The number of hydrogen-bond donors (Lipinski definition) is 2. The van der Waals surface area contributed by atoms with Crippen LogP contribution in [0.25, 0.3) is 0 Å². The Hall–Kier alpha value is -3.32. The average molecular weight is 440 g/mol. The number of halogens is 1. The third-order valence-corrected chi connectivity index (χ3v) is 5.70. The molecule has 0 spiro atoms. The number of nitrogens with one attached hydrogen (secondary N) is 2. The van der Waals surface area contributed by atoms with Gasteiger partial charge in [0.25, 0.3) is 0 Å². The number of carbonyl (C=O) groups excluding carboxylic acids is 3. The molecule has 31 heavy (non-hydrogen) atoms. The zero-order valence-corrected chi connectivity index (χ0v) is 17.9. The minimum Gasteiger partial charge on any atom is -0.456 e. The Kier molecular flexibility index (Phi) is 5.69. The maximum Gasteiger partial charge on any atom is 0.338 e. The summed E-state index contributed by atoms with van der Waals surface area (Å²) in [5, 5.41) is 6.03. The van der Waals surface area contributed by atoms with Crippen molar-refractivity contribution in [2.45, 2.75) is 25.8 Å². The second-order valence-corrected chi connectivity index (χ2v) is 8.16. The number of nitrogens with zero attached hydrogens (tertiary/aromatic N) is 1. The van der Waals surface area contributed by atoms with Crippen molar-refractivity contribution in [3.63, 3.8) is 0 Å². The molecule has 7 nitrogen and oxygen atoms in total. The summed E-state index contributed by atoms with van der Waals surface area (Å²) < 4.78 is 5.19. The summed E-state index contributed by atoms with van der Waals surface area (Å²) in [6.45, 7) is 3.82. The number of anilines is 1. The summed E-state index contributed by atoms with van der Waals surface area (Å²) in [6, 6.07) is 13.3. The van der Waals surface area contributed by atoms with Gasteiger partial charge in [-0.25, -0.2) is 9.59 Å². The van der Waals surface area contributed by atoms with Gasteiger partial charge in [0.2, 0.25) is 5.91 Å². The zero-order chi connectivity index (χ0) is 22.1. The maximum atomic E-state index is 12.9. The molecule has 0 saturated carbocycles. The molecule has 0 aliphatic carbocycles. The molecular weight excluding hydrogens is 418 g/mol. The minimum atomic E-state index is -0.728. The first-order valence-electron chi connectivity index (χ1n) is 9.97. The predicted molar refractivity (Wildman–Crippen MR) is 117 cm³/mol. The van der Waals surface area contributed by atoms with Gasteiger partial charge in [-0.2, -0.15) is 0 Å². The van der Waals surface area contributed by atoms with Crippen LogP contribution >= 0.6 is 11.6 Å². The Morgan fingerprint density at radius 2 is 2.00 bits per heavy atom. The molecule has 2 aromatic carbocycles. The van der Waals surface area contributed by atoms with Gasteiger partial charge < -0.3 is 15.4 Å². The van der Waals surface area contributed by atoms with Crippen LogP contribution in [0.3, 0.4) is 0 Å². The number of cyclic esters (lactones) is 1. The lowest BCUT2D eigenvalue weighted by atomic mass is 9.95. The van der Waals surface area contributed by atoms with E-state index < -0.39 is 18.0 Å². The topological polar surface area (TPSA) is 87.7 Å². The number of benzene rings is 2. The molecule has 3 amide bonds. The Balaban J connectivity index is 1.58. The molecule has 2 heterocycles. The molecule has 0 radical (unpaired) electrons. The molecule has 1 unspecified atom stereocenters. The molecule has 0 aromatic heterocycles. The third kappa shape index (κ3) is 4.14. The molecule has 2 aromatic rings. The van der Waals surface area contributed by atoms with E-state index in [4.69, 9.17) is 16.3 Å². The number of carbonyl (C=O) groups is 3.